The van der Waals surface area contributed by atoms with Crippen molar-refractivity contribution in [1.82, 2.24) is 15.2 Å². The molecule has 1 aromatic rings. The van der Waals surface area contributed by atoms with Crippen LogP contribution in [0.3, 0.4) is 0 Å². The summed E-state index contributed by atoms with van der Waals surface area (Å²) in [6, 6.07) is 3.23. The highest BCUT2D eigenvalue weighted by Gasteiger charge is 2.27. The molecule has 1 atom stereocenters. The molecule has 7 nitrogen and oxygen atoms in total. The Morgan fingerprint density at radius 2 is 1.61 bits per heavy atom. The molecule has 0 bridgehead atoms. The van der Waals surface area contributed by atoms with Crippen LogP contribution in [0, 0.1) is 11.8 Å². The second kappa shape index (κ2) is 10.3. The van der Waals surface area contributed by atoms with E-state index in [1.165, 1.54) is 0 Å². The fourth-order valence-corrected chi connectivity index (χ4v) is 3.22. The van der Waals surface area contributed by atoms with E-state index >= 15 is 0 Å². The largest absolute Gasteiger partial charge is 0.369 e. The summed E-state index contributed by atoms with van der Waals surface area (Å²) >= 11 is 0. The maximum absolute atomic E-state index is 12.5. The molecule has 1 amide bonds. The minimum atomic E-state index is -0.736. The highest BCUT2D eigenvalue weighted by molar-refractivity contribution is 5.95. The van der Waals surface area contributed by atoms with Crippen molar-refractivity contribution in [3.8, 4) is 0 Å². The molecule has 2 rings (SSSR count). The maximum atomic E-state index is 12.5. The molecule has 1 aliphatic heterocycles. The molecule has 0 radical (unpaired) electrons. The standard InChI is InChI=1S/C21H32N4O3/c1-15(2)19(26)13-18(21(28)16(3)4)23-20(27)14-24-9-11-25(12-10-24)17-5-7-22-8-6-17/h5-8,15-16,18H,9-14H2,1-4H3,(H,23,27). The predicted molar refractivity (Wildman–Crippen MR) is 109 cm³/mol. The van der Waals surface area contributed by atoms with E-state index in [4.69, 9.17) is 0 Å². The zero-order valence-corrected chi connectivity index (χ0v) is 17.4. The van der Waals surface area contributed by atoms with Crippen molar-refractivity contribution in [1.29, 1.82) is 0 Å². The Balaban J connectivity index is 1.87. The smallest absolute Gasteiger partial charge is 0.234 e. The number of ketones is 2. The molecular weight excluding hydrogens is 356 g/mol. The highest BCUT2D eigenvalue weighted by Crippen LogP contribution is 2.14. The lowest BCUT2D eigenvalue weighted by molar-refractivity contribution is -0.132. The van der Waals surface area contributed by atoms with Gasteiger partial charge in [-0.1, -0.05) is 27.7 Å². The van der Waals surface area contributed by atoms with Crippen molar-refractivity contribution in [2.45, 2.75) is 40.2 Å². The van der Waals surface area contributed by atoms with E-state index in [2.05, 4.69) is 20.1 Å². The number of rotatable bonds is 9. The van der Waals surface area contributed by atoms with Crippen molar-refractivity contribution >= 4 is 23.2 Å². The number of anilines is 1. The van der Waals surface area contributed by atoms with Crippen LogP contribution in [0.15, 0.2) is 24.5 Å². The average molecular weight is 389 g/mol. The van der Waals surface area contributed by atoms with E-state index in [0.717, 1.165) is 31.9 Å². The van der Waals surface area contributed by atoms with Crippen molar-refractivity contribution in [3.63, 3.8) is 0 Å². The van der Waals surface area contributed by atoms with Gasteiger partial charge in [-0.15, -0.1) is 0 Å². The van der Waals surface area contributed by atoms with Gasteiger partial charge in [0.25, 0.3) is 0 Å². The van der Waals surface area contributed by atoms with Crippen LogP contribution in [0.4, 0.5) is 5.69 Å². The molecule has 28 heavy (non-hydrogen) atoms. The van der Waals surface area contributed by atoms with Gasteiger partial charge in [0.1, 0.15) is 5.78 Å². The zero-order chi connectivity index (χ0) is 20.7. The molecule has 1 unspecified atom stereocenters. The zero-order valence-electron chi connectivity index (χ0n) is 17.4. The Morgan fingerprint density at radius 3 is 2.14 bits per heavy atom. The summed E-state index contributed by atoms with van der Waals surface area (Å²) < 4.78 is 0. The van der Waals surface area contributed by atoms with Crippen LogP contribution < -0.4 is 10.2 Å². The normalized spacial score (nSPS) is 16.3. The molecule has 1 aliphatic rings. The number of nitrogens with one attached hydrogen (secondary N) is 1. The Hall–Kier alpha value is -2.28. The van der Waals surface area contributed by atoms with Gasteiger partial charge in [0.2, 0.25) is 5.91 Å². The van der Waals surface area contributed by atoms with Crippen LogP contribution >= 0.6 is 0 Å². The second-order valence-corrected chi connectivity index (χ2v) is 7.97. The molecule has 2 heterocycles. The van der Waals surface area contributed by atoms with Crippen molar-refractivity contribution in [3.05, 3.63) is 24.5 Å². The Bertz CT molecular complexity index is 667. The molecule has 0 aliphatic carbocycles. The summed E-state index contributed by atoms with van der Waals surface area (Å²) in [7, 11) is 0. The lowest BCUT2D eigenvalue weighted by Gasteiger charge is -2.35. The number of pyridine rings is 1. The number of hydrogen-bond acceptors (Lipinski definition) is 6. The van der Waals surface area contributed by atoms with Gasteiger partial charge in [-0.25, -0.2) is 0 Å². The molecule has 0 spiro atoms. The van der Waals surface area contributed by atoms with Gasteiger partial charge in [0.15, 0.2) is 5.78 Å². The third kappa shape index (κ3) is 6.41. The summed E-state index contributed by atoms with van der Waals surface area (Å²) in [5.74, 6) is -0.683. The molecule has 7 heteroatoms. The van der Waals surface area contributed by atoms with E-state index in [9.17, 15) is 14.4 Å². The molecule has 1 saturated heterocycles. The van der Waals surface area contributed by atoms with E-state index in [0.29, 0.717) is 0 Å². The van der Waals surface area contributed by atoms with E-state index in [1.807, 2.05) is 26.0 Å². The number of hydrogen-bond donors (Lipinski definition) is 1. The number of carbonyl (C=O) groups is 3. The molecular formula is C21H32N4O3. The van der Waals surface area contributed by atoms with Gasteiger partial charge in [-0.3, -0.25) is 24.3 Å². The number of nitrogens with zero attached hydrogens (tertiary/aromatic N) is 3. The number of carbonyl (C=O) groups excluding carboxylic acids is 3. The minimum Gasteiger partial charge on any atom is -0.369 e. The third-order valence-electron chi connectivity index (χ3n) is 5.06. The lowest BCUT2D eigenvalue weighted by atomic mass is 9.94. The Morgan fingerprint density at radius 1 is 1.00 bits per heavy atom. The van der Waals surface area contributed by atoms with Gasteiger partial charge in [0.05, 0.1) is 12.6 Å². The molecule has 0 aromatic carbocycles. The van der Waals surface area contributed by atoms with Gasteiger partial charge in [-0.2, -0.15) is 0 Å². The Kier molecular flexibility index (Phi) is 8.11. The summed E-state index contributed by atoms with van der Waals surface area (Å²) in [6.45, 7) is 10.6. The van der Waals surface area contributed by atoms with Crippen molar-refractivity contribution in [2.75, 3.05) is 37.6 Å². The lowest BCUT2D eigenvalue weighted by Crippen LogP contribution is -2.52. The first-order chi connectivity index (χ1) is 13.3. The molecule has 1 aromatic heterocycles. The number of amides is 1. The monoisotopic (exact) mass is 388 g/mol. The van der Waals surface area contributed by atoms with E-state index < -0.39 is 6.04 Å². The van der Waals surface area contributed by atoms with Crippen LogP contribution in [0.5, 0.6) is 0 Å². The second-order valence-electron chi connectivity index (χ2n) is 7.97. The Labute approximate surface area is 167 Å². The summed E-state index contributed by atoms with van der Waals surface area (Å²) in [5, 5.41) is 2.80. The fraction of sp³-hybridized carbons (Fsp3) is 0.619. The average Bonchev–Trinajstić information content (AvgIpc) is 2.67. The number of Topliss-reactive ketones (excluding diaryl/α,β-unsaturated/α-hetero) is 2. The highest BCUT2D eigenvalue weighted by atomic mass is 16.2. The molecule has 1 fully saturated rings. The van der Waals surface area contributed by atoms with Gasteiger partial charge < -0.3 is 10.2 Å². The quantitative estimate of drug-likeness (QED) is 0.691. The minimum absolute atomic E-state index is 0.00901. The van der Waals surface area contributed by atoms with Crippen LogP contribution in [-0.2, 0) is 14.4 Å². The SMILES string of the molecule is CC(C)C(=O)CC(NC(=O)CN1CCN(c2ccncc2)CC1)C(=O)C(C)C. The summed E-state index contributed by atoms with van der Waals surface area (Å²) in [5.41, 5.74) is 1.13. The maximum Gasteiger partial charge on any atom is 0.234 e. The van der Waals surface area contributed by atoms with Crippen LogP contribution in [0.1, 0.15) is 34.1 Å². The van der Waals surface area contributed by atoms with Crippen LogP contribution in [0.25, 0.3) is 0 Å². The number of aromatic nitrogens is 1. The first kappa shape index (κ1) is 22.0. The molecule has 154 valence electrons. The molecule has 1 N–H and O–H groups in total. The number of piperazine rings is 1. The van der Waals surface area contributed by atoms with Gasteiger partial charge >= 0.3 is 0 Å². The van der Waals surface area contributed by atoms with Crippen LogP contribution in [0.2, 0.25) is 0 Å². The summed E-state index contributed by atoms with van der Waals surface area (Å²) in [4.78, 5) is 45.4. The van der Waals surface area contributed by atoms with Crippen molar-refractivity contribution in [2.24, 2.45) is 11.8 Å². The van der Waals surface area contributed by atoms with Gasteiger partial charge in [-0.05, 0) is 12.1 Å². The van der Waals surface area contributed by atoms with Gasteiger partial charge in [0, 0.05) is 62.5 Å². The van der Waals surface area contributed by atoms with E-state index in [-0.39, 0.29) is 42.3 Å². The van der Waals surface area contributed by atoms with E-state index in [1.54, 1.807) is 26.2 Å². The topological polar surface area (TPSA) is 82.6 Å². The third-order valence-corrected chi connectivity index (χ3v) is 5.06. The van der Waals surface area contributed by atoms with Crippen molar-refractivity contribution < 1.29 is 14.4 Å². The molecule has 0 saturated carbocycles. The first-order valence-corrected chi connectivity index (χ1v) is 10.0. The predicted octanol–water partition coefficient (Wildman–Crippen LogP) is 1.53. The summed E-state index contributed by atoms with van der Waals surface area (Å²) in [6.07, 6.45) is 3.62. The first-order valence-electron chi connectivity index (χ1n) is 10.0. The van der Waals surface area contributed by atoms with Crippen LogP contribution in [-0.4, -0.2) is 66.1 Å². The fourth-order valence-electron chi connectivity index (χ4n) is 3.22.